The standard InChI is InChI=1S/C17H19N3O3/c1-2-23-17(22)14-15(18-12-8-4-3-5-9-12)19-13-10-6-7-11-20(13)16(14)21/h3-5,8-9,18H,2,6-7,10-11H2,1H3. The van der Waals surface area contributed by atoms with Crippen LogP contribution in [0.15, 0.2) is 35.1 Å². The number of carbonyl (C=O) groups excluding carboxylic acids is 1. The number of nitrogens with zero attached hydrogens (tertiary/aromatic N) is 2. The summed E-state index contributed by atoms with van der Waals surface area (Å²) in [5.41, 5.74) is 0.415. The van der Waals surface area contributed by atoms with E-state index in [0.717, 1.165) is 24.9 Å². The molecule has 0 radical (unpaired) electrons. The van der Waals surface area contributed by atoms with Crippen molar-refractivity contribution in [2.45, 2.75) is 32.7 Å². The summed E-state index contributed by atoms with van der Waals surface area (Å²) >= 11 is 0. The SMILES string of the molecule is CCOC(=O)c1c(Nc2ccccc2)nc2n(c1=O)CCCC2. The van der Waals surface area contributed by atoms with Crippen molar-refractivity contribution in [1.29, 1.82) is 0 Å². The molecule has 2 aromatic rings. The fourth-order valence-corrected chi connectivity index (χ4v) is 2.71. The summed E-state index contributed by atoms with van der Waals surface area (Å²) in [5.74, 6) is 0.352. The number of benzene rings is 1. The number of carbonyl (C=O) groups is 1. The predicted molar refractivity (Wildman–Crippen MR) is 87.1 cm³/mol. The molecule has 1 aromatic heterocycles. The van der Waals surface area contributed by atoms with E-state index in [0.29, 0.717) is 12.4 Å². The lowest BCUT2D eigenvalue weighted by Gasteiger charge is -2.20. The van der Waals surface area contributed by atoms with Crippen LogP contribution < -0.4 is 10.9 Å². The van der Waals surface area contributed by atoms with Gasteiger partial charge in [0.15, 0.2) is 11.4 Å². The molecule has 0 spiro atoms. The van der Waals surface area contributed by atoms with Crippen molar-refractivity contribution >= 4 is 17.5 Å². The number of nitrogens with one attached hydrogen (secondary N) is 1. The molecule has 1 N–H and O–H groups in total. The monoisotopic (exact) mass is 313 g/mol. The zero-order valence-corrected chi connectivity index (χ0v) is 13.0. The molecule has 6 nitrogen and oxygen atoms in total. The third kappa shape index (κ3) is 3.11. The van der Waals surface area contributed by atoms with Crippen LogP contribution in [0.4, 0.5) is 11.5 Å². The maximum Gasteiger partial charge on any atom is 0.347 e. The molecular weight excluding hydrogens is 294 g/mol. The Morgan fingerprint density at radius 3 is 2.83 bits per heavy atom. The van der Waals surface area contributed by atoms with Crippen LogP contribution in [-0.4, -0.2) is 22.1 Å². The van der Waals surface area contributed by atoms with Crippen LogP contribution in [0.25, 0.3) is 0 Å². The summed E-state index contributed by atoms with van der Waals surface area (Å²) in [6, 6.07) is 9.35. The van der Waals surface area contributed by atoms with E-state index in [1.54, 1.807) is 11.5 Å². The highest BCUT2D eigenvalue weighted by Gasteiger charge is 2.24. The van der Waals surface area contributed by atoms with Crippen LogP contribution in [0.1, 0.15) is 35.9 Å². The molecule has 0 aliphatic carbocycles. The summed E-state index contributed by atoms with van der Waals surface area (Å²) in [6.45, 7) is 2.52. The van der Waals surface area contributed by atoms with E-state index < -0.39 is 5.97 Å². The van der Waals surface area contributed by atoms with Crippen molar-refractivity contribution in [3.63, 3.8) is 0 Å². The van der Waals surface area contributed by atoms with Crippen LogP contribution in [-0.2, 0) is 17.7 Å². The van der Waals surface area contributed by atoms with Crippen molar-refractivity contribution in [2.24, 2.45) is 0 Å². The molecule has 0 amide bonds. The van der Waals surface area contributed by atoms with Crippen LogP contribution in [0, 0.1) is 0 Å². The Bertz CT molecular complexity index is 769. The van der Waals surface area contributed by atoms with Crippen LogP contribution in [0.5, 0.6) is 0 Å². The van der Waals surface area contributed by atoms with Crippen LogP contribution in [0.2, 0.25) is 0 Å². The molecular formula is C17H19N3O3. The van der Waals surface area contributed by atoms with E-state index in [1.165, 1.54) is 0 Å². The molecule has 0 saturated heterocycles. The number of hydrogen-bond donors (Lipinski definition) is 1. The lowest BCUT2D eigenvalue weighted by Crippen LogP contribution is -2.34. The molecule has 120 valence electrons. The van der Waals surface area contributed by atoms with E-state index in [-0.39, 0.29) is 23.5 Å². The normalized spacial score (nSPS) is 13.3. The van der Waals surface area contributed by atoms with Gasteiger partial charge in [-0.05, 0) is 31.9 Å². The van der Waals surface area contributed by atoms with Gasteiger partial charge in [-0.15, -0.1) is 0 Å². The first-order chi connectivity index (χ1) is 11.2. The maximum atomic E-state index is 12.7. The zero-order chi connectivity index (χ0) is 16.2. The highest BCUT2D eigenvalue weighted by Crippen LogP contribution is 2.20. The van der Waals surface area contributed by atoms with E-state index in [2.05, 4.69) is 10.3 Å². The predicted octanol–water partition coefficient (Wildman–Crippen LogP) is 2.50. The van der Waals surface area contributed by atoms with Gasteiger partial charge in [-0.3, -0.25) is 9.36 Å². The molecule has 0 bridgehead atoms. The van der Waals surface area contributed by atoms with E-state index >= 15 is 0 Å². The van der Waals surface area contributed by atoms with E-state index in [1.807, 2.05) is 30.3 Å². The number of aryl methyl sites for hydroxylation is 1. The maximum absolute atomic E-state index is 12.7. The number of anilines is 2. The fraction of sp³-hybridized carbons (Fsp3) is 0.353. The number of hydrogen-bond acceptors (Lipinski definition) is 5. The van der Waals surface area contributed by atoms with Gasteiger partial charge in [0, 0.05) is 18.7 Å². The Balaban J connectivity index is 2.10. The summed E-state index contributed by atoms with van der Waals surface area (Å²) in [4.78, 5) is 29.5. The number of ether oxygens (including phenoxy) is 1. The van der Waals surface area contributed by atoms with Gasteiger partial charge in [-0.2, -0.15) is 0 Å². The quantitative estimate of drug-likeness (QED) is 0.878. The zero-order valence-electron chi connectivity index (χ0n) is 13.0. The third-order valence-corrected chi connectivity index (χ3v) is 3.80. The highest BCUT2D eigenvalue weighted by atomic mass is 16.5. The van der Waals surface area contributed by atoms with E-state index in [9.17, 15) is 9.59 Å². The van der Waals surface area contributed by atoms with E-state index in [4.69, 9.17) is 4.74 Å². The van der Waals surface area contributed by atoms with Gasteiger partial charge in [0.05, 0.1) is 6.61 Å². The second-order valence-corrected chi connectivity index (χ2v) is 5.38. The fourth-order valence-electron chi connectivity index (χ4n) is 2.71. The Kier molecular flexibility index (Phi) is 4.41. The average Bonchev–Trinajstić information content (AvgIpc) is 2.56. The topological polar surface area (TPSA) is 73.2 Å². The molecule has 1 aromatic carbocycles. The van der Waals surface area contributed by atoms with Crippen LogP contribution in [0.3, 0.4) is 0 Å². The molecule has 0 unspecified atom stereocenters. The first-order valence-corrected chi connectivity index (χ1v) is 7.83. The number of para-hydroxylation sites is 1. The summed E-state index contributed by atoms with van der Waals surface area (Å²) in [6.07, 6.45) is 2.65. The van der Waals surface area contributed by atoms with Gasteiger partial charge in [-0.1, -0.05) is 18.2 Å². The van der Waals surface area contributed by atoms with Crippen molar-refractivity contribution in [3.8, 4) is 0 Å². The third-order valence-electron chi connectivity index (χ3n) is 3.80. The average molecular weight is 313 g/mol. The number of aromatic nitrogens is 2. The van der Waals surface area contributed by atoms with Crippen molar-refractivity contribution in [2.75, 3.05) is 11.9 Å². The largest absolute Gasteiger partial charge is 0.462 e. The smallest absolute Gasteiger partial charge is 0.347 e. The van der Waals surface area contributed by atoms with Gasteiger partial charge in [-0.25, -0.2) is 9.78 Å². The molecule has 1 aliphatic heterocycles. The lowest BCUT2D eigenvalue weighted by molar-refractivity contribution is 0.0524. The van der Waals surface area contributed by atoms with Gasteiger partial charge < -0.3 is 10.1 Å². The van der Waals surface area contributed by atoms with Crippen molar-refractivity contribution in [1.82, 2.24) is 9.55 Å². The molecule has 1 aliphatic rings. The first kappa shape index (κ1) is 15.3. The summed E-state index contributed by atoms with van der Waals surface area (Å²) < 4.78 is 6.64. The number of rotatable bonds is 4. The second-order valence-electron chi connectivity index (χ2n) is 5.38. The number of esters is 1. The Morgan fingerprint density at radius 2 is 2.09 bits per heavy atom. The summed E-state index contributed by atoms with van der Waals surface area (Å²) in [7, 11) is 0. The minimum Gasteiger partial charge on any atom is -0.462 e. The molecule has 2 heterocycles. The Labute approximate surface area is 134 Å². The van der Waals surface area contributed by atoms with Crippen LogP contribution >= 0.6 is 0 Å². The van der Waals surface area contributed by atoms with Gasteiger partial charge in [0.1, 0.15) is 5.82 Å². The lowest BCUT2D eigenvalue weighted by atomic mass is 10.1. The first-order valence-electron chi connectivity index (χ1n) is 7.83. The molecule has 3 rings (SSSR count). The molecule has 0 fully saturated rings. The van der Waals surface area contributed by atoms with Gasteiger partial charge in [0.2, 0.25) is 0 Å². The van der Waals surface area contributed by atoms with Crippen molar-refractivity contribution < 1.29 is 9.53 Å². The Morgan fingerprint density at radius 1 is 1.30 bits per heavy atom. The summed E-state index contributed by atoms with van der Waals surface area (Å²) in [5, 5.41) is 3.08. The van der Waals surface area contributed by atoms with Crippen molar-refractivity contribution in [3.05, 3.63) is 52.1 Å². The highest BCUT2D eigenvalue weighted by molar-refractivity contribution is 5.95. The minimum absolute atomic E-state index is 0.0265. The Hall–Kier alpha value is -2.63. The molecule has 0 saturated carbocycles. The number of fused-ring (bicyclic) bond motifs is 1. The molecule has 6 heteroatoms. The molecule has 0 atom stereocenters. The minimum atomic E-state index is -0.635. The molecule has 23 heavy (non-hydrogen) atoms. The van der Waals surface area contributed by atoms with Gasteiger partial charge in [0.25, 0.3) is 5.56 Å². The second kappa shape index (κ2) is 6.64. The van der Waals surface area contributed by atoms with Gasteiger partial charge >= 0.3 is 5.97 Å².